The van der Waals surface area contributed by atoms with E-state index in [-0.39, 0.29) is 23.8 Å². The summed E-state index contributed by atoms with van der Waals surface area (Å²) in [6, 6.07) is -0.161. The quantitative estimate of drug-likeness (QED) is 0.620. The molecule has 1 fully saturated rings. The fraction of sp³-hybridized carbons (Fsp3) is 0.818. The molecule has 104 valence electrons. The van der Waals surface area contributed by atoms with E-state index in [9.17, 15) is 9.59 Å². The summed E-state index contributed by atoms with van der Waals surface area (Å²) in [5.74, 6) is 0.0171. The number of hydrogen-bond donors (Lipinski definition) is 3. The van der Waals surface area contributed by atoms with Crippen molar-refractivity contribution in [2.45, 2.75) is 43.0 Å². The summed E-state index contributed by atoms with van der Waals surface area (Å²) >= 11 is 1.73. The predicted molar refractivity (Wildman–Crippen MR) is 69.7 cm³/mol. The van der Waals surface area contributed by atoms with Crippen LogP contribution in [-0.2, 0) is 9.53 Å². The van der Waals surface area contributed by atoms with Gasteiger partial charge in [-0.25, -0.2) is 4.79 Å². The first-order chi connectivity index (χ1) is 8.54. The van der Waals surface area contributed by atoms with Crippen molar-refractivity contribution in [3.05, 3.63) is 0 Å². The molecular formula is C11H20N2O4S. The number of amides is 1. The summed E-state index contributed by atoms with van der Waals surface area (Å²) in [7, 11) is 1.33. The third kappa shape index (κ3) is 4.73. The number of carbonyl (C=O) groups is 2. The van der Waals surface area contributed by atoms with Crippen molar-refractivity contribution < 1.29 is 19.4 Å². The predicted octanol–water partition coefficient (Wildman–Crippen LogP) is 0.799. The number of carbonyl (C=O) groups excluding carboxylic acids is 1. The number of carboxylic acids is 1. The molecule has 0 aromatic rings. The van der Waals surface area contributed by atoms with Gasteiger partial charge in [-0.15, -0.1) is 0 Å². The number of thioether (sulfide) groups is 1. The number of unbranched alkanes of at least 4 members (excludes halogenated alkanes) is 1. The van der Waals surface area contributed by atoms with Gasteiger partial charge in [-0.05, 0) is 12.8 Å². The summed E-state index contributed by atoms with van der Waals surface area (Å²) in [6.45, 7) is 0. The maximum absolute atomic E-state index is 11.1. The minimum Gasteiger partial charge on any atom is -0.481 e. The molecule has 6 nitrogen and oxygen atoms in total. The van der Waals surface area contributed by atoms with Crippen molar-refractivity contribution in [3.63, 3.8) is 0 Å². The third-order valence-corrected chi connectivity index (χ3v) is 4.53. The average Bonchev–Trinajstić information content (AvgIpc) is 2.66. The lowest BCUT2D eigenvalue weighted by molar-refractivity contribution is -0.137. The Morgan fingerprint density at radius 1 is 1.50 bits per heavy atom. The van der Waals surface area contributed by atoms with Crippen LogP contribution in [0, 0.1) is 0 Å². The normalized spacial score (nSPS) is 26.9. The van der Waals surface area contributed by atoms with Crippen molar-refractivity contribution in [3.8, 4) is 0 Å². The van der Waals surface area contributed by atoms with Crippen LogP contribution in [0.25, 0.3) is 0 Å². The maximum atomic E-state index is 11.1. The van der Waals surface area contributed by atoms with Gasteiger partial charge in [0.25, 0.3) is 0 Å². The molecule has 0 aromatic carbocycles. The van der Waals surface area contributed by atoms with Crippen LogP contribution < -0.4 is 11.1 Å². The number of methoxy groups -OCH3 is 1. The molecule has 4 N–H and O–H groups in total. The Balaban J connectivity index is 2.24. The van der Waals surface area contributed by atoms with Crippen LogP contribution in [0.3, 0.4) is 0 Å². The van der Waals surface area contributed by atoms with Crippen LogP contribution in [-0.4, -0.2) is 47.4 Å². The van der Waals surface area contributed by atoms with Gasteiger partial charge in [0, 0.05) is 23.5 Å². The van der Waals surface area contributed by atoms with Crippen LogP contribution in [0.4, 0.5) is 4.79 Å². The lowest BCUT2D eigenvalue weighted by atomic mass is 10.0. The van der Waals surface area contributed by atoms with Gasteiger partial charge in [-0.1, -0.05) is 6.42 Å². The highest BCUT2D eigenvalue weighted by Crippen LogP contribution is 2.30. The first kappa shape index (κ1) is 15.1. The zero-order valence-electron chi connectivity index (χ0n) is 10.4. The molecule has 1 aliphatic heterocycles. The van der Waals surface area contributed by atoms with Crippen molar-refractivity contribution in [1.29, 1.82) is 0 Å². The van der Waals surface area contributed by atoms with Crippen LogP contribution in [0.1, 0.15) is 25.7 Å². The maximum Gasteiger partial charge on any atom is 0.407 e. The molecule has 0 unspecified atom stereocenters. The average molecular weight is 276 g/mol. The first-order valence-corrected chi connectivity index (χ1v) is 7.03. The second-order valence-electron chi connectivity index (χ2n) is 4.33. The second-order valence-corrected chi connectivity index (χ2v) is 5.60. The van der Waals surface area contributed by atoms with Crippen LogP contribution in [0.2, 0.25) is 0 Å². The van der Waals surface area contributed by atoms with Crippen LogP contribution in [0.5, 0.6) is 0 Å². The SMILES string of the molecule is COC(=O)N[C@@H]1CS[C@H](CCCCC(=O)O)[C@@H]1N. The molecule has 1 heterocycles. The highest BCUT2D eigenvalue weighted by Gasteiger charge is 2.34. The lowest BCUT2D eigenvalue weighted by Gasteiger charge is -2.19. The summed E-state index contributed by atoms with van der Waals surface area (Å²) in [4.78, 5) is 21.5. The monoisotopic (exact) mass is 276 g/mol. The van der Waals surface area contributed by atoms with Gasteiger partial charge in [0.1, 0.15) is 0 Å². The van der Waals surface area contributed by atoms with E-state index in [1.54, 1.807) is 11.8 Å². The summed E-state index contributed by atoms with van der Waals surface area (Å²) in [5, 5.41) is 11.5. The first-order valence-electron chi connectivity index (χ1n) is 5.98. The van der Waals surface area contributed by atoms with E-state index in [1.807, 2.05) is 0 Å². The number of carboxylic acid groups (broad SMARTS) is 1. The number of ether oxygens (including phenoxy) is 1. The van der Waals surface area contributed by atoms with E-state index < -0.39 is 12.1 Å². The van der Waals surface area contributed by atoms with Gasteiger partial charge in [-0.3, -0.25) is 4.79 Å². The summed E-state index contributed by atoms with van der Waals surface area (Å²) in [6.07, 6.45) is 2.16. The zero-order chi connectivity index (χ0) is 13.5. The van der Waals surface area contributed by atoms with E-state index in [2.05, 4.69) is 10.1 Å². The van der Waals surface area contributed by atoms with E-state index in [0.717, 1.165) is 18.6 Å². The van der Waals surface area contributed by atoms with Gasteiger partial charge < -0.3 is 20.9 Å². The Morgan fingerprint density at radius 3 is 2.83 bits per heavy atom. The Hall–Kier alpha value is -0.950. The van der Waals surface area contributed by atoms with E-state index in [4.69, 9.17) is 10.8 Å². The van der Waals surface area contributed by atoms with E-state index in [0.29, 0.717) is 6.42 Å². The Kier molecular flexibility index (Phi) is 6.28. The van der Waals surface area contributed by atoms with Crippen LogP contribution >= 0.6 is 11.8 Å². The fourth-order valence-corrected chi connectivity index (χ4v) is 3.46. The molecule has 18 heavy (non-hydrogen) atoms. The molecule has 3 atom stereocenters. The van der Waals surface area contributed by atoms with E-state index in [1.165, 1.54) is 7.11 Å². The van der Waals surface area contributed by atoms with Crippen molar-refractivity contribution in [2.24, 2.45) is 5.73 Å². The molecule has 0 aliphatic carbocycles. The molecule has 0 saturated carbocycles. The molecule has 0 aromatic heterocycles. The minimum absolute atomic E-state index is 0.0630. The Bertz CT molecular complexity index is 301. The van der Waals surface area contributed by atoms with Crippen molar-refractivity contribution in [2.75, 3.05) is 12.9 Å². The minimum atomic E-state index is -0.761. The molecule has 1 aliphatic rings. The fourth-order valence-electron chi connectivity index (χ4n) is 1.95. The molecule has 1 amide bonds. The highest BCUT2D eigenvalue weighted by molar-refractivity contribution is 8.00. The second kappa shape index (κ2) is 7.48. The third-order valence-electron chi connectivity index (χ3n) is 3.00. The Labute approximate surface area is 111 Å². The topological polar surface area (TPSA) is 102 Å². The molecular weight excluding hydrogens is 256 g/mol. The number of nitrogens with two attached hydrogens (primary N) is 1. The molecule has 0 bridgehead atoms. The molecule has 1 saturated heterocycles. The summed E-state index contributed by atoms with van der Waals surface area (Å²) < 4.78 is 4.54. The van der Waals surface area contributed by atoms with Gasteiger partial charge >= 0.3 is 12.1 Å². The molecule has 0 spiro atoms. The highest BCUT2D eigenvalue weighted by atomic mass is 32.2. The largest absolute Gasteiger partial charge is 0.481 e. The summed E-state index contributed by atoms with van der Waals surface area (Å²) in [5.41, 5.74) is 6.06. The number of hydrogen-bond acceptors (Lipinski definition) is 5. The smallest absolute Gasteiger partial charge is 0.407 e. The van der Waals surface area contributed by atoms with Gasteiger partial charge in [0.2, 0.25) is 0 Å². The molecule has 7 heteroatoms. The standard InChI is InChI=1S/C11H20N2O4S/c1-17-11(16)13-7-6-18-8(10(7)12)4-2-3-5-9(14)15/h7-8,10H,2-6,12H2,1H3,(H,13,16)(H,14,15)/t7-,8-,10-/m1/s1. The number of rotatable bonds is 6. The number of nitrogens with one attached hydrogen (secondary N) is 1. The molecule has 0 radical (unpaired) electrons. The molecule has 1 rings (SSSR count). The number of aliphatic carboxylic acids is 1. The van der Waals surface area contributed by atoms with Crippen molar-refractivity contribution in [1.82, 2.24) is 5.32 Å². The van der Waals surface area contributed by atoms with E-state index >= 15 is 0 Å². The Morgan fingerprint density at radius 2 is 2.22 bits per heavy atom. The zero-order valence-corrected chi connectivity index (χ0v) is 11.2. The van der Waals surface area contributed by atoms with Gasteiger partial charge in [0.05, 0.1) is 13.2 Å². The van der Waals surface area contributed by atoms with Gasteiger partial charge in [-0.2, -0.15) is 11.8 Å². The van der Waals surface area contributed by atoms with Crippen LogP contribution in [0.15, 0.2) is 0 Å². The van der Waals surface area contributed by atoms with Gasteiger partial charge in [0.15, 0.2) is 0 Å². The van der Waals surface area contributed by atoms with Crippen molar-refractivity contribution >= 4 is 23.8 Å². The lowest BCUT2D eigenvalue weighted by Crippen LogP contribution is -2.49. The number of alkyl carbamates (subject to hydrolysis) is 1.